The Hall–Kier alpha value is -1.11. The minimum Gasteiger partial charge on any atom is -0.480 e. The van der Waals surface area contributed by atoms with Gasteiger partial charge in [-0.2, -0.15) is 0 Å². The second-order valence-electron chi connectivity index (χ2n) is 4.01. The number of benzene rings is 1. The number of hydrogen-bond donors (Lipinski definition) is 2. The van der Waals surface area contributed by atoms with Gasteiger partial charge in [-0.1, -0.05) is 26.0 Å². The van der Waals surface area contributed by atoms with Gasteiger partial charge < -0.3 is 10.4 Å². The third-order valence-corrected chi connectivity index (χ3v) is 3.28. The Morgan fingerprint density at radius 2 is 1.88 bits per heavy atom. The Bertz CT molecular complexity index is 432. The summed E-state index contributed by atoms with van der Waals surface area (Å²) < 4.78 is 0.801. The fraction of sp³-hybridized carbons (Fsp3) is 0.333. The molecule has 5 heteroatoms. The van der Waals surface area contributed by atoms with E-state index in [1.165, 1.54) is 0 Å². The summed E-state index contributed by atoms with van der Waals surface area (Å²) in [6.07, 6.45) is 0. The van der Waals surface area contributed by atoms with Crippen LogP contribution in [0.2, 0.25) is 0 Å². The van der Waals surface area contributed by atoms with Crippen molar-refractivity contribution in [2.24, 2.45) is 5.92 Å². The molecule has 0 aliphatic heterocycles. The minimum atomic E-state index is -1.01. The molecule has 0 spiro atoms. The predicted octanol–water partition coefficient (Wildman–Crippen LogP) is 2.13. The average Bonchev–Trinajstić information content (AvgIpc) is 2.25. The van der Waals surface area contributed by atoms with E-state index in [4.69, 9.17) is 5.11 Å². The molecule has 17 heavy (non-hydrogen) atoms. The first-order chi connectivity index (χ1) is 7.93. The zero-order chi connectivity index (χ0) is 13.0. The molecule has 0 heterocycles. The molecule has 1 atom stereocenters. The lowest BCUT2D eigenvalue weighted by Gasteiger charge is -2.18. The van der Waals surface area contributed by atoms with Crippen molar-refractivity contribution in [2.75, 3.05) is 0 Å². The first kappa shape index (κ1) is 14.0. The number of carbonyl (C=O) groups excluding carboxylic acids is 1. The topological polar surface area (TPSA) is 66.4 Å². The standard InChI is InChI=1S/C12H14INO3/c1-7(2)10(12(16)17)14-11(15)8-5-3-4-6-9(8)13/h3-7,10H,1-2H3,(H,14,15)(H,16,17)/t10-/m1/s1. The highest BCUT2D eigenvalue weighted by Gasteiger charge is 2.24. The first-order valence-corrected chi connectivity index (χ1v) is 6.29. The van der Waals surface area contributed by atoms with Crippen LogP contribution in [0, 0.1) is 9.49 Å². The van der Waals surface area contributed by atoms with Gasteiger partial charge in [-0.25, -0.2) is 4.79 Å². The fourth-order valence-electron chi connectivity index (χ4n) is 1.38. The number of rotatable bonds is 4. The summed E-state index contributed by atoms with van der Waals surface area (Å²) in [4.78, 5) is 22.9. The normalized spacial score (nSPS) is 12.2. The van der Waals surface area contributed by atoms with E-state index in [2.05, 4.69) is 5.32 Å². The van der Waals surface area contributed by atoms with Crippen molar-refractivity contribution in [3.05, 3.63) is 33.4 Å². The molecule has 0 bridgehead atoms. The molecule has 1 rings (SSSR count). The van der Waals surface area contributed by atoms with Gasteiger partial charge in [0.05, 0.1) is 5.56 Å². The SMILES string of the molecule is CC(C)[C@@H](NC(=O)c1ccccc1I)C(=O)O. The number of halogens is 1. The van der Waals surface area contributed by atoms with E-state index in [-0.39, 0.29) is 11.8 Å². The van der Waals surface area contributed by atoms with Gasteiger partial charge in [-0.3, -0.25) is 4.79 Å². The number of amides is 1. The van der Waals surface area contributed by atoms with Gasteiger partial charge in [0, 0.05) is 3.57 Å². The Balaban J connectivity index is 2.85. The van der Waals surface area contributed by atoms with Crippen molar-refractivity contribution >= 4 is 34.5 Å². The second kappa shape index (κ2) is 6.00. The molecule has 0 saturated heterocycles. The van der Waals surface area contributed by atoms with Crippen LogP contribution in [0.25, 0.3) is 0 Å². The van der Waals surface area contributed by atoms with Crippen LogP contribution in [-0.2, 0) is 4.79 Å². The van der Waals surface area contributed by atoms with Gasteiger partial charge in [0.15, 0.2) is 0 Å². The second-order valence-corrected chi connectivity index (χ2v) is 5.18. The van der Waals surface area contributed by atoms with Crippen molar-refractivity contribution in [2.45, 2.75) is 19.9 Å². The van der Waals surface area contributed by atoms with Gasteiger partial charge in [-0.15, -0.1) is 0 Å². The molecule has 1 aromatic carbocycles. The number of hydrogen-bond acceptors (Lipinski definition) is 2. The van der Waals surface area contributed by atoms with E-state index in [0.717, 1.165) is 3.57 Å². The number of carbonyl (C=O) groups is 2. The molecule has 0 aromatic heterocycles. The van der Waals surface area contributed by atoms with Crippen LogP contribution in [0.15, 0.2) is 24.3 Å². The van der Waals surface area contributed by atoms with E-state index in [1.54, 1.807) is 32.0 Å². The smallest absolute Gasteiger partial charge is 0.326 e. The Morgan fingerprint density at radius 1 is 1.29 bits per heavy atom. The molecule has 0 aliphatic carbocycles. The van der Waals surface area contributed by atoms with Crippen LogP contribution in [-0.4, -0.2) is 23.0 Å². The minimum absolute atomic E-state index is 0.155. The van der Waals surface area contributed by atoms with Crippen LogP contribution in [0.1, 0.15) is 24.2 Å². The molecule has 2 N–H and O–H groups in total. The quantitative estimate of drug-likeness (QED) is 0.820. The van der Waals surface area contributed by atoms with Gasteiger partial charge in [0.1, 0.15) is 6.04 Å². The highest BCUT2D eigenvalue weighted by atomic mass is 127. The molecular weight excluding hydrogens is 333 g/mol. The maximum atomic E-state index is 11.9. The fourth-order valence-corrected chi connectivity index (χ4v) is 2.01. The van der Waals surface area contributed by atoms with E-state index in [9.17, 15) is 9.59 Å². The molecule has 0 aliphatic rings. The van der Waals surface area contributed by atoms with Crippen LogP contribution in [0.4, 0.5) is 0 Å². The molecule has 0 fully saturated rings. The Kier molecular flexibility index (Phi) is 4.92. The third kappa shape index (κ3) is 3.69. The van der Waals surface area contributed by atoms with Crippen molar-refractivity contribution in [1.82, 2.24) is 5.32 Å². The summed E-state index contributed by atoms with van der Waals surface area (Å²) in [6, 6.07) is 6.20. The van der Waals surface area contributed by atoms with Crippen LogP contribution >= 0.6 is 22.6 Å². The summed E-state index contributed by atoms with van der Waals surface area (Å²) >= 11 is 2.05. The van der Waals surface area contributed by atoms with Crippen LogP contribution in [0.5, 0.6) is 0 Å². The lowest BCUT2D eigenvalue weighted by atomic mass is 10.0. The Morgan fingerprint density at radius 3 is 2.35 bits per heavy atom. The Labute approximate surface area is 114 Å². The summed E-state index contributed by atoms with van der Waals surface area (Å²) in [5.74, 6) is -1.52. The molecule has 0 radical (unpaired) electrons. The summed E-state index contributed by atoms with van der Waals surface area (Å²) in [7, 11) is 0. The highest BCUT2D eigenvalue weighted by molar-refractivity contribution is 14.1. The molecule has 0 unspecified atom stereocenters. The van der Waals surface area contributed by atoms with Crippen molar-refractivity contribution in [1.29, 1.82) is 0 Å². The lowest BCUT2D eigenvalue weighted by Crippen LogP contribution is -2.44. The number of carboxylic acids is 1. The lowest BCUT2D eigenvalue weighted by molar-refractivity contribution is -0.140. The first-order valence-electron chi connectivity index (χ1n) is 5.21. The van der Waals surface area contributed by atoms with E-state index in [1.807, 2.05) is 28.7 Å². The summed E-state index contributed by atoms with van der Waals surface area (Å²) in [6.45, 7) is 3.52. The monoisotopic (exact) mass is 347 g/mol. The highest BCUT2D eigenvalue weighted by Crippen LogP contribution is 2.12. The third-order valence-electron chi connectivity index (χ3n) is 2.34. The van der Waals surface area contributed by atoms with Gasteiger partial charge >= 0.3 is 5.97 Å². The van der Waals surface area contributed by atoms with Crippen molar-refractivity contribution in [3.63, 3.8) is 0 Å². The van der Waals surface area contributed by atoms with Crippen molar-refractivity contribution in [3.8, 4) is 0 Å². The molecule has 1 aromatic rings. The van der Waals surface area contributed by atoms with Crippen LogP contribution in [0.3, 0.4) is 0 Å². The maximum absolute atomic E-state index is 11.9. The van der Waals surface area contributed by atoms with Gasteiger partial charge in [0.2, 0.25) is 0 Å². The predicted molar refractivity (Wildman–Crippen MR) is 72.9 cm³/mol. The summed E-state index contributed by atoms with van der Waals surface area (Å²) in [5, 5.41) is 11.5. The van der Waals surface area contributed by atoms with E-state index >= 15 is 0 Å². The largest absolute Gasteiger partial charge is 0.480 e. The number of nitrogens with one attached hydrogen (secondary N) is 1. The number of carboxylic acid groups (broad SMARTS) is 1. The van der Waals surface area contributed by atoms with E-state index in [0.29, 0.717) is 5.56 Å². The maximum Gasteiger partial charge on any atom is 0.326 e. The summed E-state index contributed by atoms with van der Waals surface area (Å²) in [5.41, 5.74) is 0.500. The van der Waals surface area contributed by atoms with Gasteiger partial charge in [0.25, 0.3) is 5.91 Å². The molecule has 92 valence electrons. The molecular formula is C12H14INO3. The zero-order valence-corrected chi connectivity index (χ0v) is 11.8. The molecule has 1 amide bonds. The van der Waals surface area contributed by atoms with E-state index < -0.39 is 12.0 Å². The molecule has 4 nitrogen and oxygen atoms in total. The molecule has 0 saturated carbocycles. The average molecular weight is 347 g/mol. The number of aliphatic carboxylic acids is 1. The zero-order valence-electron chi connectivity index (χ0n) is 9.61. The van der Waals surface area contributed by atoms with Crippen LogP contribution < -0.4 is 5.32 Å². The van der Waals surface area contributed by atoms with Gasteiger partial charge in [-0.05, 0) is 40.6 Å². The van der Waals surface area contributed by atoms with Crippen molar-refractivity contribution < 1.29 is 14.7 Å².